The first-order chi connectivity index (χ1) is 9.92. The fourth-order valence-corrected chi connectivity index (χ4v) is 1.52. The molecular weight excluding hydrogens is 342 g/mol. The van der Waals surface area contributed by atoms with Crippen molar-refractivity contribution in [2.75, 3.05) is 7.11 Å². The lowest BCUT2D eigenvalue weighted by molar-refractivity contribution is -0.149. The van der Waals surface area contributed by atoms with E-state index in [0.717, 1.165) is 17.1 Å². The van der Waals surface area contributed by atoms with E-state index >= 15 is 0 Å². The van der Waals surface area contributed by atoms with Crippen molar-refractivity contribution < 1.29 is 23.9 Å². The fourth-order valence-electron chi connectivity index (χ4n) is 1.26. The molecule has 2 amide bonds. The molecular formula is C14H14BrNO5. The molecule has 1 atom stereocenters. The molecule has 0 saturated carbocycles. The Hall–Kier alpha value is -2.15. The molecule has 1 aromatic rings. The van der Waals surface area contributed by atoms with Crippen LogP contribution in [-0.2, 0) is 19.1 Å². The molecule has 21 heavy (non-hydrogen) atoms. The van der Waals surface area contributed by atoms with Gasteiger partial charge in [-0.2, -0.15) is 0 Å². The van der Waals surface area contributed by atoms with Crippen molar-refractivity contribution in [1.82, 2.24) is 5.32 Å². The van der Waals surface area contributed by atoms with Crippen LogP contribution in [0.5, 0.6) is 0 Å². The molecule has 1 N–H and O–H groups in total. The van der Waals surface area contributed by atoms with Crippen molar-refractivity contribution in [3.05, 3.63) is 40.4 Å². The van der Waals surface area contributed by atoms with E-state index in [4.69, 9.17) is 4.74 Å². The molecule has 0 unspecified atom stereocenters. The molecule has 112 valence electrons. The van der Waals surface area contributed by atoms with Crippen LogP contribution in [0, 0.1) is 0 Å². The van der Waals surface area contributed by atoms with Crippen LogP contribution in [0.2, 0.25) is 0 Å². The highest BCUT2D eigenvalue weighted by molar-refractivity contribution is 9.10. The number of nitrogens with one attached hydrogen (secondary N) is 1. The highest BCUT2D eigenvalue weighted by Gasteiger charge is 2.18. The maximum Gasteiger partial charge on any atom is 0.413 e. The van der Waals surface area contributed by atoms with Gasteiger partial charge in [0.05, 0.1) is 7.11 Å². The highest BCUT2D eigenvalue weighted by atomic mass is 79.9. The van der Waals surface area contributed by atoms with Crippen LogP contribution in [-0.4, -0.2) is 31.2 Å². The number of rotatable bonds is 4. The zero-order chi connectivity index (χ0) is 15.8. The average molecular weight is 356 g/mol. The number of alkyl carbamates (subject to hydrolysis) is 1. The predicted octanol–water partition coefficient (Wildman–Crippen LogP) is 2.28. The number of methoxy groups -OCH3 is 1. The second-order valence-corrected chi connectivity index (χ2v) is 4.86. The van der Waals surface area contributed by atoms with Crippen LogP contribution in [0.25, 0.3) is 6.08 Å². The Labute approximate surface area is 130 Å². The highest BCUT2D eigenvalue weighted by Crippen LogP contribution is 2.11. The minimum atomic E-state index is -1.11. The molecule has 0 aliphatic carbocycles. The zero-order valence-electron chi connectivity index (χ0n) is 11.5. The van der Waals surface area contributed by atoms with Crippen molar-refractivity contribution in [1.29, 1.82) is 0 Å². The van der Waals surface area contributed by atoms with Gasteiger partial charge in [0.2, 0.25) is 0 Å². The number of carbonyl (C=O) groups is 3. The second kappa shape index (κ2) is 8.21. The topological polar surface area (TPSA) is 81.7 Å². The predicted molar refractivity (Wildman–Crippen MR) is 79.3 cm³/mol. The molecule has 7 heteroatoms. The minimum Gasteiger partial charge on any atom is -0.453 e. The van der Waals surface area contributed by atoms with E-state index in [0.29, 0.717) is 0 Å². The lowest BCUT2D eigenvalue weighted by Crippen LogP contribution is -2.39. The van der Waals surface area contributed by atoms with Crippen LogP contribution in [0.4, 0.5) is 4.79 Å². The minimum absolute atomic E-state index is 0.689. The van der Waals surface area contributed by atoms with Gasteiger partial charge in [0.15, 0.2) is 6.10 Å². The summed E-state index contributed by atoms with van der Waals surface area (Å²) in [6, 6.07) is 7.28. The largest absolute Gasteiger partial charge is 0.453 e. The standard InChI is InChI=1S/C14H14BrNO5/c1-9(13(18)16-14(19)20-2)21-12(17)8-5-10-3-6-11(15)7-4-10/h3-9H,1-2H3,(H,16,18,19)/b8-5+/t9-/m0/s1. The molecule has 0 bridgehead atoms. The van der Waals surface area contributed by atoms with Crippen molar-refractivity contribution in [2.45, 2.75) is 13.0 Å². The molecule has 0 fully saturated rings. The fraction of sp³-hybridized carbons (Fsp3) is 0.214. The Balaban J connectivity index is 2.51. The molecule has 0 heterocycles. The van der Waals surface area contributed by atoms with E-state index in [1.165, 1.54) is 13.0 Å². The maximum absolute atomic E-state index is 11.5. The van der Waals surface area contributed by atoms with Crippen LogP contribution in [0.15, 0.2) is 34.8 Å². The van der Waals surface area contributed by atoms with Crippen LogP contribution in [0.3, 0.4) is 0 Å². The number of carbonyl (C=O) groups excluding carboxylic acids is 3. The first kappa shape index (κ1) is 16.9. The number of hydrogen-bond donors (Lipinski definition) is 1. The van der Waals surface area contributed by atoms with Crippen LogP contribution < -0.4 is 5.32 Å². The summed E-state index contributed by atoms with van der Waals surface area (Å²) >= 11 is 3.30. The summed E-state index contributed by atoms with van der Waals surface area (Å²) in [6.45, 7) is 1.35. The van der Waals surface area contributed by atoms with Gasteiger partial charge in [-0.05, 0) is 30.7 Å². The molecule has 0 aliphatic heterocycles. The molecule has 0 saturated heterocycles. The van der Waals surface area contributed by atoms with Gasteiger partial charge in [0, 0.05) is 10.5 Å². The summed E-state index contributed by atoms with van der Waals surface area (Å²) in [5, 5.41) is 1.91. The molecule has 0 aromatic heterocycles. The van der Waals surface area contributed by atoms with Crippen molar-refractivity contribution in [3.8, 4) is 0 Å². The zero-order valence-corrected chi connectivity index (χ0v) is 13.0. The van der Waals surface area contributed by atoms with Gasteiger partial charge < -0.3 is 9.47 Å². The third kappa shape index (κ3) is 6.22. The summed E-state index contributed by atoms with van der Waals surface area (Å²) in [6.07, 6.45) is 0.740. The summed E-state index contributed by atoms with van der Waals surface area (Å²) in [5.41, 5.74) is 0.807. The Bertz CT molecular complexity index is 553. The SMILES string of the molecule is COC(=O)NC(=O)[C@H](C)OC(=O)/C=C/c1ccc(Br)cc1. The summed E-state index contributed by atoms with van der Waals surface area (Å²) in [5.74, 6) is -1.45. The third-order valence-electron chi connectivity index (χ3n) is 2.35. The van der Waals surface area contributed by atoms with Crippen molar-refractivity contribution in [3.63, 3.8) is 0 Å². The second-order valence-electron chi connectivity index (χ2n) is 3.94. The van der Waals surface area contributed by atoms with E-state index in [1.54, 1.807) is 18.2 Å². The Morgan fingerprint density at radius 2 is 1.86 bits per heavy atom. The number of esters is 1. The van der Waals surface area contributed by atoms with Gasteiger partial charge in [-0.3, -0.25) is 10.1 Å². The van der Waals surface area contributed by atoms with E-state index in [1.807, 2.05) is 17.4 Å². The smallest absolute Gasteiger partial charge is 0.413 e. The van der Waals surface area contributed by atoms with Crippen LogP contribution >= 0.6 is 15.9 Å². The Kier molecular flexibility index (Phi) is 6.61. The van der Waals surface area contributed by atoms with Gasteiger partial charge in [-0.15, -0.1) is 0 Å². The van der Waals surface area contributed by atoms with Gasteiger partial charge in [-0.1, -0.05) is 28.1 Å². The van der Waals surface area contributed by atoms with E-state index in [9.17, 15) is 14.4 Å². The van der Waals surface area contributed by atoms with Gasteiger partial charge in [0.1, 0.15) is 0 Å². The molecule has 0 spiro atoms. The number of imide groups is 1. The van der Waals surface area contributed by atoms with E-state index in [2.05, 4.69) is 20.7 Å². The number of benzene rings is 1. The average Bonchev–Trinajstić information content (AvgIpc) is 2.46. The Morgan fingerprint density at radius 1 is 1.24 bits per heavy atom. The Morgan fingerprint density at radius 3 is 2.43 bits per heavy atom. The number of hydrogen-bond acceptors (Lipinski definition) is 5. The summed E-state index contributed by atoms with van der Waals surface area (Å²) < 4.78 is 10.0. The summed E-state index contributed by atoms with van der Waals surface area (Å²) in [4.78, 5) is 33.8. The first-order valence-corrected chi connectivity index (χ1v) is 6.74. The molecule has 1 aromatic carbocycles. The van der Waals surface area contributed by atoms with Gasteiger partial charge >= 0.3 is 12.1 Å². The van der Waals surface area contributed by atoms with Crippen molar-refractivity contribution >= 4 is 40.0 Å². The number of ether oxygens (including phenoxy) is 2. The van der Waals surface area contributed by atoms with Crippen molar-refractivity contribution in [2.24, 2.45) is 0 Å². The quantitative estimate of drug-likeness (QED) is 0.661. The van der Waals surface area contributed by atoms with E-state index < -0.39 is 24.1 Å². The maximum atomic E-state index is 11.5. The first-order valence-electron chi connectivity index (χ1n) is 5.95. The number of halogens is 1. The number of amides is 2. The van der Waals surface area contributed by atoms with Crippen LogP contribution in [0.1, 0.15) is 12.5 Å². The lowest BCUT2D eigenvalue weighted by Gasteiger charge is -2.10. The monoisotopic (exact) mass is 355 g/mol. The van der Waals surface area contributed by atoms with Gasteiger partial charge in [-0.25, -0.2) is 9.59 Å². The normalized spacial score (nSPS) is 11.8. The third-order valence-corrected chi connectivity index (χ3v) is 2.88. The molecule has 1 rings (SSSR count). The lowest BCUT2D eigenvalue weighted by atomic mass is 10.2. The summed E-state index contributed by atoms with van der Waals surface area (Å²) in [7, 11) is 1.13. The molecule has 0 aliphatic rings. The molecule has 0 radical (unpaired) electrons. The van der Waals surface area contributed by atoms with Gasteiger partial charge in [0.25, 0.3) is 5.91 Å². The van der Waals surface area contributed by atoms with E-state index in [-0.39, 0.29) is 0 Å². The molecule has 6 nitrogen and oxygen atoms in total.